The van der Waals surface area contributed by atoms with Gasteiger partial charge in [0, 0.05) is 11.8 Å². The lowest BCUT2D eigenvalue weighted by atomic mass is 10.2. The third-order valence-corrected chi connectivity index (χ3v) is 3.22. The van der Waals surface area contributed by atoms with Crippen LogP contribution in [0.2, 0.25) is 0 Å². The summed E-state index contributed by atoms with van der Waals surface area (Å²) >= 11 is 0. The fourth-order valence-corrected chi connectivity index (χ4v) is 1.94. The molecule has 0 atom stereocenters. The SMILES string of the molecule is Cc1ccccc1NC(=O)COC(=O)c1ccc(N)c([N+](=O)[O-])c1. The van der Waals surface area contributed by atoms with Crippen LogP contribution in [0.1, 0.15) is 15.9 Å². The fourth-order valence-electron chi connectivity index (χ4n) is 1.94. The number of nitrogens with one attached hydrogen (secondary N) is 1. The number of nitrogens with two attached hydrogens (primary N) is 1. The molecule has 2 aromatic rings. The minimum Gasteiger partial charge on any atom is -0.452 e. The molecule has 0 aliphatic carbocycles. The van der Waals surface area contributed by atoms with Gasteiger partial charge in [0.05, 0.1) is 10.5 Å². The van der Waals surface area contributed by atoms with Crippen molar-refractivity contribution < 1.29 is 19.2 Å². The van der Waals surface area contributed by atoms with Gasteiger partial charge < -0.3 is 15.8 Å². The minimum absolute atomic E-state index is 0.0559. The number of benzene rings is 2. The highest BCUT2D eigenvalue weighted by Gasteiger charge is 2.17. The summed E-state index contributed by atoms with van der Waals surface area (Å²) in [6.07, 6.45) is 0. The van der Waals surface area contributed by atoms with E-state index in [-0.39, 0.29) is 11.3 Å². The molecule has 24 heavy (non-hydrogen) atoms. The maximum Gasteiger partial charge on any atom is 0.338 e. The second-order valence-corrected chi connectivity index (χ2v) is 4.97. The van der Waals surface area contributed by atoms with Crippen LogP contribution in [0.15, 0.2) is 42.5 Å². The number of nitrogens with zero attached hydrogens (tertiary/aromatic N) is 1. The standard InChI is InChI=1S/C16H15N3O5/c1-10-4-2-3-5-13(10)18-15(20)9-24-16(21)11-6-7-12(17)14(8-11)19(22)23/h2-8H,9,17H2,1H3,(H,18,20). The van der Waals surface area contributed by atoms with Gasteiger partial charge in [-0.15, -0.1) is 0 Å². The van der Waals surface area contributed by atoms with Crippen LogP contribution in [0, 0.1) is 17.0 Å². The lowest BCUT2D eigenvalue weighted by Gasteiger charge is -2.09. The van der Waals surface area contributed by atoms with Crippen molar-refractivity contribution in [3.05, 3.63) is 63.7 Å². The number of anilines is 2. The quantitative estimate of drug-likeness (QED) is 0.375. The number of nitro groups is 1. The number of carbonyl (C=O) groups is 2. The number of carbonyl (C=O) groups excluding carboxylic acids is 2. The van der Waals surface area contributed by atoms with Crippen LogP contribution in [-0.4, -0.2) is 23.4 Å². The molecule has 0 fully saturated rings. The Bertz CT molecular complexity index is 804. The zero-order chi connectivity index (χ0) is 17.7. The Hall–Kier alpha value is -3.42. The third kappa shape index (κ3) is 4.07. The summed E-state index contributed by atoms with van der Waals surface area (Å²) in [5, 5.41) is 13.4. The number of aryl methyl sites for hydroxylation is 1. The minimum atomic E-state index is -0.849. The van der Waals surface area contributed by atoms with Crippen molar-refractivity contribution in [1.82, 2.24) is 0 Å². The van der Waals surface area contributed by atoms with Crippen molar-refractivity contribution in [2.45, 2.75) is 6.92 Å². The number of ether oxygens (including phenoxy) is 1. The van der Waals surface area contributed by atoms with E-state index in [0.29, 0.717) is 5.69 Å². The lowest BCUT2D eigenvalue weighted by molar-refractivity contribution is -0.383. The fraction of sp³-hybridized carbons (Fsp3) is 0.125. The van der Waals surface area contributed by atoms with E-state index < -0.39 is 29.1 Å². The van der Waals surface area contributed by atoms with Crippen molar-refractivity contribution in [1.29, 1.82) is 0 Å². The molecule has 0 aliphatic rings. The van der Waals surface area contributed by atoms with E-state index >= 15 is 0 Å². The van der Waals surface area contributed by atoms with Crippen molar-refractivity contribution in [3.8, 4) is 0 Å². The molecule has 2 aromatic carbocycles. The normalized spacial score (nSPS) is 10.0. The Morgan fingerprint density at radius 2 is 1.96 bits per heavy atom. The van der Waals surface area contributed by atoms with Crippen LogP contribution in [0.5, 0.6) is 0 Å². The summed E-state index contributed by atoms with van der Waals surface area (Å²) in [5.74, 6) is -1.36. The predicted molar refractivity (Wildman–Crippen MR) is 87.6 cm³/mol. The molecule has 0 radical (unpaired) electrons. The van der Waals surface area contributed by atoms with Gasteiger partial charge in [0.1, 0.15) is 5.69 Å². The van der Waals surface area contributed by atoms with Gasteiger partial charge in [0.15, 0.2) is 6.61 Å². The number of amides is 1. The van der Waals surface area contributed by atoms with Crippen molar-refractivity contribution in [2.24, 2.45) is 0 Å². The molecule has 0 saturated heterocycles. The molecule has 0 unspecified atom stereocenters. The Kier molecular flexibility index (Phi) is 5.10. The van der Waals surface area contributed by atoms with E-state index in [4.69, 9.17) is 10.5 Å². The Labute approximate surface area is 137 Å². The highest BCUT2D eigenvalue weighted by molar-refractivity contribution is 5.96. The molecule has 0 saturated carbocycles. The van der Waals surface area contributed by atoms with Gasteiger partial charge in [-0.05, 0) is 30.7 Å². The monoisotopic (exact) mass is 329 g/mol. The summed E-state index contributed by atoms with van der Waals surface area (Å²) in [5.41, 5.74) is 6.42. The first-order valence-electron chi connectivity index (χ1n) is 6.95. The zero-order valence-electron chi connectivity index (χ0n) is 12.8. The van der Waals surface area contributed by atoms with Crippen molar-refractivity contribution in [3.63, 3.8) is 0 Å². The number of hydrogen-bond acceptors (Lipinski definition) is 6. The molecule has 0 heterocycles. The predicted octanol–water partition coefficient (Wildman–Crippen LogP) is 2.28. The summed E-state index contributed by atoms with van der Waals surface area (Å²) in [6.45, 7) is 1.32. The maximum absolute atomic E-state index is 11.9. The van der Waals surface area contributed by atoms with Crippen LogP contribution in [0.25, 0.3) is 0 Å². The molecule has 0 aromatic heterocycles. The average molecular weight is 329 g/mol. The molecule has 0 spiro atoms. The molecule has 2 rings (SSSR count). The van der Waals surface area contributed by atoms with Crippen LogP contribution in [0.3, 0.4) is 0 Å². The summed E-state index contributed by atoms with van der Waals surface area (Å²) in [6, 6.07) is 10.7. The number of nitrogen functional groups attached to an aromatic ring is 1. The van der Waals surface area contributed by atoms with Gasteiger partial charge in [-0.2, -0.15) is 0 Å². The Balaban J connectivity index is 1.98. The smallest absolute Gasteiger partial charge is 0.338 e. The second kappa shape index (κ2) is 7.23. The molecule has 8 nitrogen and oxygen atoms in total. The van der Waals surface area contributed by atoms with Crippen LogP contribution in [0.4, 0.5) is 17.1 Å². The molecule has 3 N–H and O–H groups in total. The van der Waals surface area contributed by atoms with E-state index in [2.05, 4.69) is 5.32 Å². The number of esters is 1. The number of hydrogen-bond donors (Lipinski definition) is 2. The third-order valence-electron chi connectivity index (χ3n) is 3.22. The molecule has 8 heteroatoms. The van der Waals surface area contributed by atoms with Crippen molar-refractivity contribution >= 4 is 28.9 Å². The summed E-state index contributed by atoms with van der Waals surface area (Å²) in [4.78, 5) is 33.8. The van der Waals surface area contributed by atoms with E-state index in [0.717, 1.165) is 11.6 Å². The van der Waals surface area contributed by atoms with Gasteiger partial charge >= 0.3 is 5.97 Å². The zero-order valence-corrected chi connectivity index (χ0v) is 12.8. The summed E-state index contributed by atoms with van der Waals surface area (Å²) < 4.78 is 4.86. The molecule has 0 aliphatic heterocycles. The van der Waals surface area contributed by atoms with E-state index in [1.54, 1.807) is 12.1 Å². The second-order valence-electron chi connectivity index (χ2n) is 4.97. The topological polar surface area (TPSA) is 125 Å². The Morgan fingerprint density at radius 3 is 2.62 bits per heavy atom. The number of para-hydroxylation sites is 1. The van der Waals surface area contributed by atoms with E-state index in [1.165, 1.54) is 12.1 Å². The van der Waals surface area contributed by atoms with Crippen molar-refractivity contribution in [2.75, 3.05) is 17.7 Å². The van der Waals surface area contributed by atoms with Gasteiger partial charge in [-0.3, -0.25) is 14.9 Å². The highest BCUT2D eigenvalue weighted by Crippen LogP contribution is 2.22. The van der Waals surface area contributed by atoms with Gasteiger partial charge in [0.25, 0.3) is 11.6 Å². The largest absolute Gasteiger partial charge is 0.452 e. The van der Waals surface area contributed by atoms with E-state index in [9.17, 15) is 19.7 Å². The Morgan fingerprint density at radius 1 is 1.25 bits per heavy atom. The first-order chi connectivity index (χ1) is 11.4. The molecule has 0 bridgehead atoms. The number of rotatable bonds is 5. The van der Waals surface area contributed by atoms with Gasteiger partial charge in [-0.25, -0.2) is 4.79 Å². The van der Waals surface area contributed by atoms with Crippen LogP contribution < -0.4 is 11.1 Å². The number of nitro benzene ring substituents is 1. The maximum atomic E-state index is 11.9. The van der Waals surface area contributed by atoms with E-state index in [1.807, 2.05) is 19.1 Å². The molecule has 124 valence electrons. The van der Waals surface area contributed by atoms with Gasteiger partial charge in [-0.1, -0.05) is 18.2 Å². The molecule has 1 amide bonds. The highest BCUT2D eigenvalue weighted by atomic mass is 16.6. The average Bonchev–Trinajstić information content (AvgIpc) is 2.55. The first-order valence-corrected chi connectivity index (χ1v) is 6.95. The molecular formula is C16H15N3O5. The van der Waals surface area contributed by atoms with Crippen LogP contribution >= 0.6 is 0 Å². The molecular weight excluding hydrogens is 314 g/mol. The van der Waals surface area contributed by atoms with Crippen LogP contribution in [-0.2, 0) is 9.53 Å². The van der Waals surface area contributed by atoms with Gasteiger partial charge in [0.2, 0.25) is 0 Å². The lowest BCUT2D eigenvalue weighted by Crippen LogP contribution is -2.21. The first kappa shape index (κ1) is 16.9. The summed E-state index contributed by atoms with van der Waals surface area (Å²) in [7, 11) is 0.